The molecule has 4 aliphatic carbocycles. The second-order valence-electron chi connectivity index (χ2n) is 25.4. The number of aryl methyl sites for hydroxylation is 2. The summed E-state index contributed by atoms with van der Waals surface area (Å²) in [6.07, 6.45) is 6.29. The fourth-order valence-corrected chi connectivity index (χ4v) is 23.4. The standard InChI is InChI=1S/C33H37O3S.C18H11F4S.C18H14FS.C18H13S/c1-22-14-30(37(28-10-6-4-7-11-28)29-12-8-5-9-13-29)15-23(2)32(22)35-21-31(34)36-33(3)26-17-24-16-25(19-26)20-27(33)18-24;19-12-6-13(20)9-17(8-12)23(16-4-2-1-3-5-16)18-10-14(21)7-15(22)11-18;19-15-11-13-18(14-12-15)20(16-7-3-1-4-8-16)17-9-5-2-6-10-17;1-2-8-14(9-3-1)19-17-12-6-4-10-15(17)16-11-5-7-13-18(16)19/h4-15,24-27H,16-21H2,1-3H3;1-11H;1-14H;1-13H/q4*+1. The fraction of sp³-hybridized carbons (Fsp3) is 0.161. The van der Waals surface area contributed by atoms with Crippen LogP contribution in [0.25, 0.3) is 25.1 Å². The number of hydrogen-bond acceptors (Lipinski definition) is 3. The van der Waals surface area contributed by atoms with Gasteiger partial charge in [-0.2, -0.15) is 0 Å². The van der Waals surface area contributed by atoms with E-state index in [1.165, 1.54) is 118 Å². The van der Waals surface area contributed by atoms with Crippen LogP contribution in [0.15, 0.2) is 347 Å². The Bertz CT molecular complexity index is 4580. The Kier molecular flexibility index (Phi) is 21.7. The Morgan fingerprint density at radius 1 is 0.374 bits per heavy atom. The van der Waals surface area contributed by atoms with Crippen molar-refractivity contribution in [2.75, 3.05) is 6.61 Å². The Balaban J connectivity index is 0.000000124. The Labute approximate surface area is 588 Å². The summed E-state index contributed by atoms with van der Waals surface area (Å²) in [5, 5.41) is 2.79. The van der Waals surface area contributed by atoms with Crippen LogP contribution in [0.3, 0.4) is 0 Å². The maximum Gasteiger partial charge on any atom is 0.344 e. The molecule has 1 heterocycles. The van der Waals surface area contributed by atoms with E-state index in [0.29, 0.717) is 26.5 Å². The minimum atomic E-state index is -1.02. The molecule has 496 valence electrons. The summed E-state index contributed by atoms with van der Waals surface area (Å²) in [7, 11) is -1.36. The van der Waals surface area contributed by atoms with Crippen LogP contribution in [0, 0.1) is 66.6 Å². The van der Waals surface area contributed by atoms with Crippen LogP contribution in [-0.2, 0) is 42.2 Å². The zero-order chi connectivity index (χ0) is 68.4. The highest BCUT2D eigenvalue weighted by molar-refractivity contribution is 7.97. The van der Waals surface area contributed by atoms with Gasteiger partial charge in [-0.25, -0.2) is 26.7 Å². The number of halogens is 5. The van der Waals surface area contributed by atoms with Crippen LogP contribution in [0.2, 0.25) is 0 Å². The van der Waals surface area contributed by atoms with Crippen molar-refractivity contribution in [1.82, 2.24) is 0 Å². The molecule has 13 aromatic rings. The van der Waals surface area contributed by atoms with Gasteiger partial charge < -0.3 is 9.47 Å². The Hall–Kier alpha value is -9.17. The molecular weight excluding hydrogens is 1320 g/mol. The number of fused-ring (bicyclic) bond motifs is 3. The molecular formula is C87H75F5O3S4+4. The van der Waals surface area contributed by atoms with Crippen molar-refractivity contribution < 1.29 is 36.2 Å². The third-order valence-corrected chi connectivity index (χ3v) is 27.6. The molecule has 3 nitrogen and oxygen atoms in total. The van der Waals surface area contributed by atoms with E-state index in [1.54, 1.807) is 30.3 Å². The zero-order valence-electron chi connectivity index (χ0n) is 55.2. The van der Waals surface area contributed by atoms with Gasteiger partial charge in [-0.1, -0.05) is 133 Å². The van der Waals surface area contributed by atoms with Gasteiger partial charge in [-0.3, -0.25) is 0 Å². The highest BCUT2D eigenvalue weighted by Gasteiger charge is 2.57. The maximum absolute atomic E-state index is 13.6. The molecule has 0 N–H and O–H groups in total. The molecule has 0 saturated heterocycles. The van der Waals surface area contributed by atoms with Gasteiger partial charge in [0, 0.05) is 69.8 Å². The van der Waals surface area contributed by atoms with E-state index in [0.717, 1.165) is 45.7 Å². The number of esters is 1. The highest BCUT2D eigenvalue weighted by atomic mass is 32.2. The predicted octanol–water partition coefficient (Wildman–Crippen LogP) is 23.5. The van der Waals surface area contributed by atoms with Crippen LogP contribution in [0.1, 0.15) is 50.2 Å². The minimum Gasteiger partial charge on any atom is -0.481 e. The molecule has 0 radical (unpaired) electrons. The van der Waals surface area contributed by atoms with Crippen molar-refractivity contribution in [3.8, 4) is 10.6 Å². The van der Waals surface area contributed by atoms with E-state index in [2.05, 4.69) is 197 Å². The number of carbonyl (C=O) groups is 1. The van der Waals surface area contributed by atoms with Gasteiger partial charge in [0.1, 0.15) is 40.4 Å². The zero-order valence-corrected chi connectivity index (χ0v) is 58.4. The third-order valence-electron chi connectivity index (χ3n) is 18.7. The molecule has 0 aliphatic heterocycles. The molecule has 0 unspecified atom stereocenters. The molecule has 12 heteroatoms. The lowest BCUT2D eigenvalue weighted by atomic mass is 9.50. The molecule has 17 rings (SSSR count). The normalized spacial score (nSPS) is 17.3. The molecule has 4 bridgehead atoms. The molecule has 99 heavy (non-hydrogen) atoms. The average Bonchev–Trinajstić information content (AvgIpc) is 1.62. The van der Waals surface area contributed by atoms with Gasteiger partial charge in [0.25, 0.3) is 0 Å². The van der Waals surface area contributed by atoms with E-state index in [9.17, 15) is 26.7 Å². The smallest absolute Gasteiger partial charge is 0.344 e. The van der Waals surface area contributed by atoms with Crippen molar-refractivity contribution in [3.63, 3.8) is 0 Å². The van der Waals surface area contributed by atoms with Crippen LogP contribution in [0.4, 0.5) is 22.0 Å². The summed E-state index contributed by atoms with van der Waals surface area (Å²) in [5.41, 5.74) is 1.78. The lowest BCUT2D eigenvalue weighted by molar-refractivity contribution is -0.204. The molecule has 0 atom stereocenters. The Morgan fingerprint density at radius 3 is 1.07 bits per heavy atom. The van der Waals surface area contributed by atoms with Crippen molar-refractivity contribution >= 4 is 69.3 Å². The average molecular weight is 1390 g/mol. The fourth-order valence-electron chi connectivity index (χ4n) is 14.5. The summed E-state index contributed by atoms with van der Waals surface area (Å²) in [6.45, 7) is 6.31. The summed E-state index contributed by atoms with van der Waals surface area (Å²) >= 11 is 0. The van der Waals surface area contributed by atoms with Gasteiger partial charge in [0.15, 0.2) is 65.0 Å². The van der Waals surface area contributed by atoms with Crippen LogP contribution < -0.4 is 4.74 Å². The summed E-state index contributed by atoms with van der Waals surface area (Å²) in [5.74, 6) is 0.182. The first-order valence-electron chi connectivity index (χ1n) is 33.3. The molecule has 4 aliphatic rings. The second-order valence-corrected chi connectivity index (χ2v) is 33.4. The van der Waals surface area contributed by atoms with Crippen molar-refractivity contribution in [1.29, 1.82) is 0 Å². The molecule has 1 aromatic heterocycles. The summed E-state index contributed by atoms with van der Waals surface area (Å²) < 4.78 is 82.8. The first-order valence-corrected chi connectivity index (χ1v) is 38.2. The van der Waals surface area contributed by atoms with E-state index >= 15 is 0 Å². The molecule has 4 saturated carbocycles. The van der Waals surface area contributed by atoms with E-state index in [-0.39, 0.29) is 56.3 Å². The van der Waals surface area contributed by atoms with E-state index < -0.39 is 34.2 Å². The molecule has 0 amide bonds. The van der Waals surface area contributed by atoms with Crippen LogP contribution in [0.5, 0.6) is 5.75 Å². The number of ether oxygens (including phenoxy) is 2. The monoisotopic (exact) mass is 1390 g/mol. The number of carbonyl (C=O) groups excluding carboxylic acids is 1. The highest BCUT2D eigenvalue weighted by Crippen LogP contribution is 2.59. The summed E-state index contributed by atoms with van der Waals surface area (Å²) in [6, 6.07) is 96.8. The maximum atomic E-state index is 13.6. The van der Waals surface area contributed by atoms with E-state index in [4.69, 9.17) is 9.47 Å². The number of rotatable bonds is 14. The lowest BCUT2D eigenvalue weighted by Crippen LogP contribution is -2.58. The van der Waals surface area contributed by atoms with Crippen molar-refractivity contribution in [2.24, 2.45) is 23.7 Å². The Morgan fingerprint density at radius 2 is 0.687 bits per heavy atom. The molecule has 0 spiro atoms. The number of hydrogen-bond donors (Lipinski definition) is 0. The summed E-state index contributed by atoms with van der Waals surface area (Å²) in [4.78, 5) is 23.2. The quantitative estimate of drug-likeness (QED) is 0.0618. The van der Waals surface area contributed by atoms with Gasteiger partial charge in [0.2, 0.25) is 0 Å². The first kappa shape index (κ1) is 68.4. The molecule has 12 aromatic carbocycles. The topological polar surface area (TPSA) is 35.5 Å². The van der Waals surface area contributed by atoms with Crippen molar-refractivity contribution in [2.45, 2.75) is 103 Å². The van der Waals surface area contributed by atoms with Gasteiger partial charge in [0.05, 0.1) is 32.7 Å². The minimum absolute atomic E-state index is 0.0357. The lowest BCUT2D eigenvalue weighted by Gasteiger charge is -2.59. The number of thiophene rings is 1. The molecule has 4 fully saturated rings. The van der Waals surface area contributed by atoms with Crippen LogP contribution >= 0.6 is 10.5 Å². The SMILES string of the molecule is Cc1cc([S+](c2ccccc2)c2ccccc2)cc(C)c1OCC(=O)OC1(C)C2CC3CC(C2)CC1C3.Fc1cc(F)cc([S+](c2ccccc2)c2cc(F)cc(F)c2)c1.Fc1ccc([S+](c2ccccc2)c2ccccc2)cc1.c1ccc(-[s+]2c3ccccc3c3ccccc32)cc1. The second kappa shape index (κ2) is 31.4. The van der Waals surface area contributed by atoms with Gasteiger partial charge in [-0.05, 0) is 209 Å². The third kappa shape index (κ3) is 16.0. The van der Waals surface area contributed by atoms with Gasteiger partial charge >= 0.3 is 5.97 Å². The number of benzene rings is 12. The van der Waals surface area contributed by atoms with E-state index in [1.807, 2.05) is 48.5 Å². The van der Waals surface area contributed by atoms with Crippen LogP contribution in [-0.4, -0.2) is 18.2 Å². The van der Waals surface area contributed by atoms with Gasteiger partial charge in [-0.15, -0.1) is 0 Å². The first-order chi connectivity index (χ1) is 48.2. The largest absolute Gasteiger partial charge is 0.481 e. The predicted molar refractivity (Wildman–Crippen MR) is 396 cm³/mol. The van der Waals surface area contributed by atoms with Crippen molar-refractivity contribution in [3.05, 3.63) is 344 Å².